The normalized spacial score (nSPS) is 11.8. The maximum atomic E-state index is 12.6. The van der Waals surface area contributed by atoms with Gasteiger partial charge in [0.1, 0.15) is 0 Å². The number of rotatable bonds is 7. The second kappa shape index (κ2) is 10.1. The summed E-state index contributed by atoms with van der Waals surface area (Å²) in [5, 5.41) is 3.81. The standard InChI is InChI=1S/C20H17BrCl2N4O3/c21-14-11-27(20(30)26-19(14)29)8-5-18(28)25-17(9-12-3-6-24-7-4-12)13-1-2-15(22)16(23)10-13/h1-4,6-7,10-11,17H,5,8-9H2,(H,25,28)(H,26,29,30). The van der Waals surface area contributed by atoms with Gasteiger partial charge in [0.05, 0.1) is 20.6 Å². The smallest absolute Gasteiger partial charge is 0.328 e. The number of pyridine rings is 1. The lowest BCUT2D eigenvalue weighted by molar-refractivity contribution is -0.122. The quantitative estimate of drug-likeness (QED) is 0.507. The van der Waals surface area contributed by atoms with Crippen LogP contribution in [-0.2, 0) is 17.8 Å². The van der Waals surface area contributed by atoms with Gasteiger partial charge in [-0.05, 0) is 57.7 Å². The first-order valence-electron chi connectivity index (χ1n) is 8.96. The molecule has 0 fully saturated rings. The lowest BCUT2D eigenvalue weighted by Gasteiger charge is -2.20. The number of aryl methyl sites for hydroxylation is 1. The molecule has 0 aliphatic carbocycles. The minimum absolute atomic E-state index is 0.0482. The largest absolute Gasteiger partial charge is 0.349 e. The van der Waals surface area contributed by atoms with Crippen LogP contribution in [0.25, 0.3) is 0 Å². The molecule has 0 saturated heterocycles. The number of hydrogen-bond acceptors (Lipinski definition) is 4. The first kappa shape index (κ1) is 22.3. The van der Waals surface area contributed by atoms with E-state index in [9.17, 15) is 14.4 Å². The van der Waals surface area contributed by atoms with Crippen molar-refractivity contribution in [1.29, 1.82) is 0 Å². The van der Waals surface area contributed by atoms with Crippen molar-refractivity contribution in [1.82, 2.24) is 19.9 Å². The van der Waals surface area contributed by atoms with Crippen molar-refractivity contribution in [3.63, 3.8) is 0 Å². The van der Waals surface area contributed by atoms with Gasteiger partial charge in [-0.25, -0.2) is 4.79 Å². The zero-order valence-corrected chi connectivity index (χ0v) is 18.7. The first-order chi connectivity index (χ1) is 14.3. The molecular weight excluding hydrogens is 495 g/mol. The number of halogens is 3. The lowest BCUT2D eigenvalue weighted by atomic mass is 9.99. The van der Waals surface area contributed by atoms with Gasteiger partial charge in [0.2, 0.25) is 5.91 Å². The predicted molar refractivity (Wildman–Crippen MR) is 119 cm³/mol. The Bertz CT molecular complexity index is 1160. The van der Waals surface area contributed by atoms with Gasteiger partial charge in [-0.1, -0.05) is 29.3 Å². The van der Waals surface area contributed by atoms with Crippen molar-refractivity contribution in [2.45, 2.75) is 25.4 Å². The summed E-state index contributed by atoms with van der Waals surface area (Å²) in [5.41, 5.74) is 0.701. The molecule has 0 aliphatic heterocycles. The Morgan fingerprint density at radius 2 is 1.90 bits per heavy atom. The molecule has 0 saturated carbocycles. The summed E-state index contributed by atoms with van der Waals surface area (Å²) in [6.07, 6.45) is 5.30. The minimum Gasteiger partial charge on any atom is -0.349 e. The number of benzene rings is 1. The molecule has 0 radical (unpaired) electrons. The maximum Gasteiger partial charge on any atom is 0.328 e. The Morgan fingerprint density at radius 1 is 1.17 bits per heavy atom. The number of amides is 1. The van der Waals surface area contributed by atoms with Crippen LogP contribution in [0, 0.1) is 0 Å². The van der Waals surface area contributed by atoms with Crippen LogP contribution in [0.15, 0.2) is 63.0 Å². The van der Waals surface area contributed by atoms with Gasteiger partial charge in [-0.3, -0.25) is 24.1 Å². The molecule has 7 nitrogen and oxygen atoms in total. The second-order valence-corrected chi connectivity index (χ2v) is 8.20. The molecule has 1 atom stereocenters. The fourth-order valence-electron chi connectivity index (χ4n) is 2.87. The van der Waals surface area contributed by atoms with E-state index < -0.39 is 11.2 Å². The Balaban J connectivity index is 1.75. The summed E-state index contributed by atoms with van der Waals surface area (Å²) in [6.45, 7) is 0.114. The fourth-order valence-corrected chi connectivity index (χ4v) is 3.53. The van der Waals surface area contributed by atoms with E-state index in [4.69, 9.17) is 23.2 Å². The number of carbonyl (C=O) groups is 1. The van der Waals surface area contributed by atoms with Crippen LogP contribution in [0.2, 0.25) is 10.0 Å². The van der Waals surface area contributed by atoms with E-state index in [1.165, 1.54) is 10.8 Å². The summed E-state index contributed by atoms with van der Waals surface area (Å²) in [4.78, 5) is 42.1. The van der Waals surface area contributed by atoms with Crippen LogP contribution in [0.5, 0.6) is 0 Å². The molecular formula is C20H17BrCl2N4O3. The van der Waals surface area contributed by atoms with Crippen molar-refractivity contribution in [3.8, 4) is 0 Å². The highest BCUT2D eigenvalue weighted by molar-refractivity contribution is 9.10. The molecule has 0 spiro atoms. The summed E-state index contributed by atoms with van der Waals surface area (Å²) < 4.78 is 1.48. The number of aromatic amines is 1. The van der Waals surface area contributed by atoms with E-state index in [-0.39, 0.29) is 29.4 Å². The van der Waals surface area contributed by atoms with Gasteiger partial charge < -0.3 is 5.32 Å². The lowest BCUT2D eigenvalue weighted by Crippen LogP contribution is -2.34. The average molecular weight is 512 g/mol. The molecule has 0 bridgehead atoms. The number of carbonyl (C=O) groups excluding carboxylic acids is 1. The van der Waals surface area contributed by atoms with Crippen LogP contribution in [0.1, 0.15) is 23.6 Å². The molecule has 10 heteroatoms. The van der Waals surface area contributed by atoms with Gasteiger partial charge in [-0.15, -0.1) is 0 Å². The van der Waals surface area contributed by atoms with Crippen molar-refractivity contribution >= 4 is 45.0 Å². The van der Waals surface area contributed by atoms with Gasteiger partial charge in [-0.2, -0.15) is 0 Å². The van der Waals surface area contributed by atoms with Crippen molar-refractivity contribution in [3.05, 3.63) is 95.4 Å². The number of nitrogens with zero attached hydrogens (tertiary/aromatic N) is 2. The van der Waals surface area contributed by atoms with Gasteiger partial charge >= 0.3 is 5.69 Å². The Kier molecular flexibility index (Phi) is 7.47. The van der Waals surface area contributed by atoms with E-state index in [1.54, 1.807) is 24.5 Å². The summed E-state index contributed by atoms with van der Waals surface area (Å²) in [7, 11) is 0. The maximum absolute atomic E-state index is 12.6. The SMILES string of the molecule is O=C(CCn1cc(Br)c(=O)[nH]c1=O)NC(Cc1ccncc1)c1ccc(Cl)c(Cl)c1. The molecule has 30 heavy (non-hydrogen) atoms. The molecule has 1 aromatic carbocycles. The van der Waals surface area contributed by atoms with Crippen LogP contribution in [-0.4, -0.2) is 20.4 Å². The zero-order valence-electron chi connectivity index (χ0n) is 15.6. The van der Waals surface area contributed by atoms with E-state index in [0.29, 0.717) is 16.5 Å². The van der Waals surface area contributed by atoms with E-state index >= 15 is 0 Å². The number of nitrogens with one attached hydrogen (secondary N) is 2. The number of H-pyrrole nitrogens is 1. The van der Waals surface area contributed by atoms with Gasteiger partial charge in [0.25, 0.3) is 5.56 Å². The third kappa shape index (κ3) is 5.81. The molecule has 1 unspecified atom stereocenters. The molecule has 156 valence electrons. The molecule has 1 amide bonds. The van der Waals surface area contributed by atoms with Gasteiger partial charge in [0.15, 0.2) is 0 Å². The summed E-state index contributed by atoms with van der Waals surface area (Å²) >= 11 is 15.3. The Labute approximate surface area is 190 Å². The number of aromatic nitrogens is 3. The summed E-state index contributed by atoms with van der Waals surface area (Å²) in [5.74, 6) is -0.255. The van der Waals surface area contributed by atoms with Crippen LogP contribution in [0.3, 0.4) is 0 Å². The molecule has 2 N–H and O–H groups in total. The number of hydrogen-bond donors (Lipinski definition) is 2. The van der Waals surface area contributed by atoms with Gasteiger partial charge in [0, 0.05) is 31.6 Å². The highest BCUT2D eigenvalue weighted by Gasteiger charge is 2.17. The van der Waals surface area contributed by atoms with Crippen LogP contribution < -0.4 is 16.6 Å². The van der Waals surface area contributed by atoms with Crippen LogP contribution >= 0.6 is 39.1 Å². The Morgan fingerprint density at radius 3 is 2.60 bits per heavy atom. The first-order valence-corrected chi connectivity index (χ1v) is 10.5. The predicted octanol–water partition coefficient (Wildman–Crippen LogP) is 3.49. The van der Waals surface area contributed by atoms with Crippen molar-refractivity contribution in [2.75, 3.05) is 0 Å². The highest BCUT2D eigenvalue weighted by Crippen LogP contribution is 2.27. The molecule has 3 rings (SSSR count). The summed E-state index contributed by atoms with van der Waals surface area (Å²) in [6, 6.07) is 8.60. The molecule has 0 aliphatic rings. The Hall–Kier alpha value is -2.42. The second-order valence-electron chi connectivity index (χ2n) is 6.53. The van der Waals surface area contributed by atoms with Crippen molar-refractivity contribution in [2.24, 2.45) is 0 Å². The molecule has 2 aromatic heterocycles. The third-order valence-corrected chi connectivity index (χ3v) is 5.72. The van der Waals surface area contributed by atoms with E-state index in [1.807, 2.05) is 18.2 Å². The van der Waals surface area contributed by atoms with E-state index in [0.717, 1.165) is 11.1 Å². The fraction of sp³-hybridized carbons (Fsp3) is 0.200. The van der Waals surface area contributed by atoms with Crippen molar-refractivity contribution < 1.29 is 4.79 Å². The van der Waals surface area contributed by atoms with Crippen LogP contribution in [0.4, 0.5) is 0 Å². The minimum atomic E-state index is -0.575. The highest BCUT2D eigenvalue weighted by atomic mass is 79.9. The third-order valence-electron chi connectivity index (χ3n) is 4.42. The molecule has 2 heterocycles. The average Bonchev–Trinajstić information content (AvgIpc) is 2.72. The monoisotopic (exact) mass is 510 g/mol. The van der Waals surface area contributed by atoms with E-state index in [2.05, 4.69) is 31.2 Å². The molecule has 3 aromatic rings. The topological polar surface area (TPSA) is 96.9 Å². The zero-order chi connectivity index (χ0) is 21.7.